The number of hydrogen-bond donors (Lipinski definition) is 2. The largest absolute Gasteiger partial charge is 0.322 e. The molecule has 4 aromatic rings. The average molecular weight is 466 g/mol. The van der Waals surface area contributed by atoms with Crippen LogP contribution in [-0.2, 0) is 10.0 Å². The van der Waals surface area contributed by atoms with E-state index in [1.165, 1.54) is 47.1 Å². The smallest absolute Gasteiger partial charge is 0.261 e. The lowest BCUT2D eigenvalue weighted by Gasteiger charge is -2.10. The summed E-state index contributed by atoms with van der Waals surface area (Å²) in [5.74, 6) is -0.663. The Hall–Kier alpha value is -4.12. The molecule has 0 fully saturated rings. The van der Waals surface area contributed by atoms with Crippen LogP contribution in [0.5, 0.6) is 0 Å². The minimum absolute atomic E-state index is 0.0119. The highest BCUT2D eigenvalue weighted by molar-refractivity contribution is 7.92. The third-order valence-electron chi connectivity index (χ3n) is 4.79. The molecular weight excluding hydrogens is 447 g/mol. The van der Waals surface area contributed by atoms with Crippen molar-refractivity contribution in [2.24, 2.45) is 0 Å². The Bertz CT molecular complexity index is 1420. The van der Waals surface area contributed by atoms with Crippen LogP contribution in [0.2, 0.25) is 0 Å². The van der Waals surface area contributed by atoms with Crippen LogP contribution < -0.4 is 10.0 Å². The van der Waals surface area contributed by atoms with Crippen molar-refractivity contribution in [2.45, 2.75) is 18.7 Å². The van der Waals surface area contributed by atoms with Crippen molar-refractivity contribution < 1.29 is 17.6 Å². The molecule has 4 rings (SSSR count). The summed E-state index contributed by atoms with van der Waals surface area (Å²) < 4.78 is 43.1. The van der Waals surface area contributed by atoms with Crippen molar-refractivity contribution >= 4 is 27.3 Å². The summed E-state index contributed by atoms with van der Waals surface area (Å²) in [6.07, 6.45) is 0. The van der Waals surface area contributed by atoms with E-state index in [1.54, 1.807) is 31.2 Å². The highest BCUT2D eigenvalue weighted by Gasteiger charge is 2.16. The standard InChI is InChI=1S/C22H19FN6O3S/c1-14-3-7-17(8-4-14)26-33(31,32)19-10-5-16(6-11-19)22(30)24-18-9-12-20(23)21(13-18)29-15(2)25-27-28-29/h3-13,26H,1-2H3,(H,24,30). The number of rotatable bonds is 6. The minimum atomic E-state index is -3.81. The third kappa shape index (κ3) is 4.88. The Morgan fingerprint density at radius 2 is 1.61 bits per heavy atom. The van der Waals surface area contributed by atoms with Crippen molar-refractivity contribution in [1.29, 1.82) is 0 Å². The normalized spacial score (nSPS) is 11.2. The molecule has 3 aromatic carbocycles. The van der Waals surface area contributed by atoms with Crippen LogP contribution in [0.1, 0.15) is 21.7 Å². The average Bonchev–Trinajstić information content (AvgIpc) is 3.22. The Morgan fingerprint density at radius 1 is 0.939 bits per heavy atom. The predicted molar refractivity (Wildman–Crippen MR) is 120 cm³/mol. The van der Waals surface area contributed by atoms with Gasteiger partial charge in [-0.2, -0.15) is 4.68 Å². The highest BCUT2D eigenvalue weighted by Crippen LogP contribution is 2.21. The molecule has 0 aliphatic carbocycles. The highest BCUT2D eigenvalue weighted by atomic mass is 32.2. The van der Waals surface area contributed by atoms with E-state index in [1.807, 2.05) is 6.92 Å². The van der Waals surface area contributed by atoms with Gasteiger partial charge in [0.1, 0.15) is 11.5 Å². The van der Waals surface area contributed by atoms with Gasteiger partial charge in [-0.1, -0.05) is 17.7 Å². The summed E-state index contributed by atoms with van der Waals surface area (Å²) in [5, 5.41) is 13.6. The summed E-state index contributed by atoms with van der Waals surface area (Å²) in [7, 11) is -3.81. The van der Waals surface area contributed by atoms with Crippen LogP contribution in [0.3, 0.4) is 0 Å². The molecule has 0 radical (unpaired) electrons. The first kappa shape index (κ1) is 22.1. The Morgan fingerprint density at radius 3 is 2.24 bits per heavy atom. The van der Waals surface area contributed by atoms with Gasteiger partial charge in [0, 0.05) is 16.9 Å². The van der Waals surface area contributed by atoms with Gasteiger partial charge >= 0.3 is 0 Å². The number of amides is 1. The van der Waals surface area contributed by atoms with Gasteiger partial charge in [-0.15, -0.1) is 5.10 Å². The second kappa shape index (κ2) is 8.79. The molecule has 1 aromatic heterocycles. The molecule has 1 heterocycles. The van der Waals surface area contributed by atoms with Crippen LogP contribution in [0.25, 0.3) is 5.69 Å². The third-order valence-corrected chi connectivity index (χ3v) is 6.19. The summed E-state index contributed by atoms with van der Waals surface area (Å²) in [6.45, 7) is 3.52. The SMILES string of the molecule is Cc1ccc(NS(=O)(=O)c2ccc(C(=O)Nc3ccc(F)c(-n4nnnc4C)c3)cc2)cc1. The lowest BCUT2D eigenvalue weighted by atomic mass is 10.2. The van der Waals surface area contributed by atoms with Gasteiger partial charge in [0.15, 0.2) is 5.82 Å². The summed E-state index contributed by atoms with van der Waals surface area (Å²) in [6, 6.07) is 16.4. The van der Waals surface area contributed by atoms with Crippen molar-refractivity contribution in [1.82, 2.24) is 20.2 Å². The number of tetrazole rings is 1. The van der Waals surface area contributed by atoms with E-state index >= 15 is 0 Å². The Kier molecular flexibility index (Phi) is 5.88. The van der Waals surface area contributed by atoms with Crippen LogP contribution >= 0.6 is 0 Å². The number of halogens is 1. The number of aromatic nitrogens is 4. The number of carbonyl (C=O) groups is 1. The van der Waals surface area contributed by atoms with E-state index in [-0.39, 0.29) is 16.1 Å². The molecule has 168 valence electrons. The topological polar surface area (TPSA) is 119 Å². The van der Waals surface area contributed by atoms with Gasteiger partial charge in [-0.3, -0.25) is 9.52 Å². The van der Waals surface area contributed by atoms with Gasteiger partial charge in [0.25, 0.3) is 15.9 Å². The first-order valence-electron chi connectivity index (χ1n) is 9.79. The molecule has 0 atom stereocenters. The maximum atomic E-state index is 14.2. The second-order valence-corrected chi connectivity index (χ2v) is 8.94. The molecule has 0 bridgehead atoms. The maximum absolute atomic E-state index is 14.2. The zero-order chi connectivity index (χ0) is 23.6. The predicted octanol–water partition coefficient (Wildman–Crippen LogP) is 3.47. The molecule has 0 unspecified atom stereocenters. The number of nitrogens with one attached hydrogen (secondary N) is 2. The number of anilines is 2. The van der Waals surface area contributed by atoms with Gasteiger partial charge < -0.3 is 5.32 Å². The first-order chi connectivity index (χ1) is 15.7. The van der Waals surface area contributed by atoms with Gasteiger partial charge in [-0.25, -0.2) is 12.8 Å². The molecular formula is C22H19FN6O3S. The quantitative estimate of drug-likeness (QED) is 0.449. The van der Waals surface area contributed by atoms with Crippen molar-refractivity contribution in [3.8, 4) is 5.69 Å². The molecule has 1 amide bonds. The monoisotopic (exact) mass is 466 g/mol. The molecule has 0 aliphatic rings. The molecule has 33 heavy (non-hydrogen) atoms. The molecule has 0 saturated carbocycles. The number of nitrogens with zero attached hydrogens (tertiary/aromatic N) is 4. The van der Waals surface area contributed by atoms with Crippen LogP contribution in [-0.4, -0.2) is 34.5 Å². The molecule has 0 spiro atoms. The fraction of sp³-hybridized carbons (Fsp3) is 0.0909. The van der Waals surface area contributed by atoms with Crippen molar-refractivity contribution in [2.75, 3.05) is 10.0 Å². The molecule has 9 nitrogen and oxygen atoms in total. The molecule has 2 N–H and O–H groups in total. The minimum Gasteiger partial charge on any atom is -0.322 e. The van der Waals surface area contributed by atoms with Crippen molar-refractivity contribution in [3.05, 3.63) is 89.5 Å². The Balaban J connectivity index is 1.50. The lowest BCUT2D eigenvalue weighted by molar-refractivity contribution is 0.102. The molecule has 11 heteroatoms. The van der Waals surface area contributed by atoms with Crippen LogP contribution in [0.15, 0.2) is 71.6 Å². The van der Waals surface area contributed by atoms with Crippen molar-refractivity contribution in [3.63, 3.8) is 0 Å². The van der Waals surface area contributed by atoms with Gasteiger partial charge in [-0.05, 0) is 78.9 Å². The summed E-state index contributed by atoms with van der Waals surface area (Å²) >= 11 is 0. The lowest BCUT2D eigenvalue weighted by Crippen LogP contribution is -2.15. The first-order valence-corrected chi connectivity index (χ1v) is 11.3. The fourth-order valence-electron chi connectivity index (χ4n) is 3.03. The number of aryl methyl sites for hydroxylation is 2. The number of carbonyl (C=O) groups excluding carboxylic acids is 1. The number of hydrogen-bond acceptors (Lipinski definition) is 6. The van der Waals surface area contributed by atoms with E-state index in [9.17, 15) is 17.6 Å². The van der Waals surface area contributed by atoms with E-state index < -0.39 is 21.7 Å². The van der Waals surface area contributed by atoms with Gasteiger partial charge in [0.05, 0.1) is 4.90 Å². The van der Waals surface area contributed by atoms with Crippen LogP contribution in [0, 0.1) is 19.7 Å². The van der Waals surface area contributed by atoms with E-state index in [2.05, 4.69) is 25.6 Å². The number of sulfonamides is 1. The maximum Gasteiger partial charge on any atom is 0.261 e. The van der Waals surface area contributed by atoms with E-state index in [0.29, 0.717) is 17.2 Å². The number of benzene rings is 3. The van der Waals surface area contributed by atoms with E-state index in [4.69, 9.17) is 0 Å². The summed E-state index contributed by atoms with van der Waals surface area (Å²) in [4.78, 5) is 12.6. The van der Waals surface area contributed by atoms with E-state index in [0.717, 1.165) is 5.56 Å². The molecule has 0 aliphatic heterocycles. The Labute approximate surface area is 189 Å². The van der Waals surface area contributed by atoms with Gasteiger partial charge in [0.2, 0.25) is 0 Å². The molecule has 0 saturated heterocycles. The zero-order valence-electron chi connectivity index (χ0n) is 17.7. The second-order valence-electron chi connectivity index (χ2n) is 7.25. The van der Waals surface area contributed by atoms with Crippen LogP contribution in [0.4, 0.5) is 15.8 Å². The fourth-order valence-corrected chi connectivity index (χ4v) is 4.09. The zero-order valence-corrected chi connectivity index (χ0v) is 18.5. The summed E-state index contributed by atoms with van der Waals surface area (Å²) in [5.41, 5.74) is 2.08.